The molecule has 2 aliphatic heterocycles. The van der Waals surface area contributed by atoms with E-state index in [-0.39, 0.29) is 0 Å². The molecule has 0 amide bonds. The first-order valence-electron chi connectivity index (χ1n) is 8.06. The standard InChI is InChI=1S/C16H25ClN4/c1-10(2)16-19-14(17)9-15(20-16)18-11-7-12-5-4-6-13(8-11)21(12)3/h9-13H,4-8H2,1-3H3,(H,18,19,20). The number of hydrogen-bond acceptors (Lipinski definition) is 4. The highest BCUT2D eigenvalue weighted by Gasteiger charge is 2.36. The van der Waals surface area contributed by atoms with Crippen LogP contribution < -0.4 is 5.32 Å². The van der Waals surface area contributed by atoms with E-state index >= 15 is 0 Å². The normalized spacial score (nSPS) is 29.7. The van der Waals surface area contributed by atoms with Gasteiger partial charge in [0, 0.05) is 30.1 Å². The van der Waals surface area contributed by atoms with Crippen molar-refractivity contribution in [1.82, 2.24) is 14.9 Å². The molecule has 2 bridgehead atoms. The van der Waals surface area contributed by atoms with E-state index in [0.29, 0.717) is 17.1 Å². The van der Waals surface area contributed by atoms with Crippen molar-refractivity contribution in [3.8, 4) is 0 Å². The van der Waals surface area contributed by atoms with Crippen LogP contribution in [-0.4, -0.2) is 40.0 Å². The van der Waals surface area contributed by atoms with Gasteiger partial charge in [0.2, 0.25) is 0 Å². The van der Waals surface area contributed by atoms with Crippen LogP contribution in [0.15, 0.2) is 6.07 Å². The number of nitrogens with one attached hydrogen (secondary N) is 1. The number of hydrogen-bond donors (Lipinski definition) is 1. The zero-order chi connectivity index (χ0) is 15.0. The van der Waals surface area contributed by atoms with Crippen LogP contribution in [0, 0.1) is 0 Å². The van der Waals surface area contributed by atoms with Crippen LogP contribution in [0.4, 0.5) is 5.82 Å². The van der Waals surface area contributed by atoms with Gasteiger partial charge in [-0.3, -0.25) is 0 Å². The number of nitrogens with zero attached hydrogens (tertiary/aromatic N) is 3. The lowest BCUT2D eigenvalue weighted by Gasteiger charge is -2.47. The molecule has 0 spiro atoms. The summed E-state index contributed by atoms with van der Waals surface area (Å²) in [5, 5.41) is 4.14. The second kappa shape index (κ2) is 6.09. The fraction of sp³-hybridized carbons (Fsp3) is 0.750. The van der Waals surface area contributed by atoms with E-state index in [1.165, 1.54) is 32.1 Å². The topological polar surface area (TPSA) is 41.1 Å². The second-order valence-corrected chi connectivity index (χ2v) is 7.19. The van der Waals surface area contributed by atoms with Crippen LogP contribution in [0.3, 0.4) is 0 Å². The van der Waals surface area contributed by atoms with Gasteiger partial charge in [0.25, 0.3) is 0 Å². The van der Waals surface area contributed by atoms with Crippen molar-refractivity contribution in [3.63, 3.8) is 0 Å². The van der Waals surface area contributed by atoms with Gasteiger partial charge in [-0.25, -0.2) is 9.97 Å². The summed E-state index contributed by atoms with van der Waals surface area (Å²) in [5.41, 5.74) is 0. The van der Waals surface area contributed by atoms with Gasteiger partial charge in [-0.15, -0.1) is 0 Å². The van der Waals surface area contributed by atoms with Crippen molar-refractivity contribution >= 4 is 17.4 Å². The number of rotatable bonds is 3. The summed E-state index contributed by atoms with van der Waals surface area (Å²) in [4.78, 5) is 11.5. The fourth-order valence-corrected chi connectivity index (χ4v) is 3.90. The highest BCUT2D eigenvalue weighted by Crippen LogP contribution is 2.33. The maximum atomic E-state index is 6.13. The summed E-state index contributed by atoms with van der Waals surface area (Å²) >= 11 is 6.13. The third kappa shape index (κ3) is 3.32. The second-order valence-electron chi connectivity index (χ2n) is 6.81. The summed E-state index contributed by atoms with van der Waals surface area (Å²) < 4.78 is 0. The molecule has 2 fully saturated rings. The van der Waals surface area contributed by atoms with E-state index in [2.05, 4.69) is 41.1 Å². The Labute approximate surface area is 132 Å². The van der Waals surface area contributed by atoms with Gasteiger partial charge >= 0.3 is 0 Å². The molecule has 1 N–H and O–H groups in total. The molecule has 2 unspecified atom stereocenters. The monoisotopic (exact) mass is 308 g/mol. The number of anilines is 1. The van der Waals surface area contributed by atoms with E-state index in [1.54, 1.807) is 0 Å². The molecule has 5 heteroatoms. The first-order chi connectivity index (χ1) is 10.0. The molecule has 2 atom stereocenters. The Kier molecular flexibility index (Phi) is 4.36. The van der Waals surface area contributed by atoms with Gasteiger partial charge in [-0.1, -0.05) is 31.9 Å². The highest BCUT2D eigenvalue weighted by molar-refractivity contribution is 6.29. The molecule has 2 saturated heterocycles. The van der Waals surface area contributed by atoms with Gasteiger partial charge < -0.3 is 10.2 Å². The van der Waals surface area contributed by atoms with Crippen molar-refractivity contribution in [2.24, 2.45) is 0 Å². The molecule has 2 aliphatic rings. The maximum absolute atomic E-state index is 6.13. The van der Waals surface area contributed by atoms with Crippen molar-refractivity contribution in [2.75, 3.05) is 12.4 Å². The molecule has 1 aromatic heterocycles. The molecule has 3 heterocycles. The van der Waals surface area contributed by atoms with Crippen molar-refractivity contribution in [3.05, 3.63) is 17.0 Å². The third-order valence-corrected chi connectivity index (χ3v) is 5.11. The van der Waals surface area contributed by atoms with Gasteiger partial charge in [0.05, 0.1) is 0 Å². The molecule has 0 radical (unpaired) electrons. The molecule has 4 nitrogen and oxygen atoms in total. The average Bonchev–Trinajstić information content (AvgIpc) is 2.39. The quantitative estimate of drug-likeness (QED) is 0.865. The van der Waals surface area contributed by atoms with E-state index in [4.69, 9.17) is 11.6 Å². The number of fused-ring (bicyclic) bond motifs is 2. The maximum Gasteiger partial charge on any atom is 0.135 e. The summed E-state index contributed by atoms with van der Waals surface area (Å²) in [6.07, 6.45) is 6.43. The minimum absolute atomic E-state index is 0.293. The van der Waals surface area contributed by atoms with E-state index in [9.17, 15) is 0 Å². The van der Waals surface area contributed by atoms with Crippen molar-refractivity contribution in [1.29, 1.82) is 0 Å². The Morgan fingerprint density at radius 3 is 2.52 bits per heavy atom. The zero-order valence-electron chi connectivity index (χ0n) is 13.1. The third-order valence-electron chi connectivity index (χ3n) is 4.92. The molecule has 21 heavy (non-hydrogen) atoms. The van der Waals surface area contributed by atoms with Gasteiger partial charge in [-0.05, 0) is 32.7 Å². The van der Waals surface area contributed by atoms with Gasteiger partial charge in [0.15, 0.2) is 0 Å². The average molecular weight is 309 g/mol. The fourth-order valence-electron chi connectivity index (χ4n) is 3.71. The van der Waals surface area contributed by atoms with Crippen molar-refractivity contribution < 1.29 is 0 Å². The van der Waals surface area contributed by atoms with Crippen LogP contribution in [0.5, 0.6) is 0 Å². The van der Waals surface area contributed by atoms with Crippen molar-refractivity contribution in [2.45, 2.75) is 70.0 Å². The van der Waals surface area contributed by atoms with Gasteiger partial charge in [-0.2, -0.15) is 0 Å². The summed E-state index contributed by atoms with van der Waals surface area (Å²) in [6, 6.07) is 3.79. The number of aromatic nitrogens is 2. The molecule has 0 saturated carbocycles. The largest absolute Gasteiger partial charge is 0.367 e. The molecule has 0 aliphatic carbocycles. The highest BCUT2D eigenvalue weighted by atomic mass is 35.5. The first kappa shape index (κ1) is 15.0. The lowest BCUT2D eigenvalue weighted by Crippen LogP contribution is -2.52. The Bertz CT molecular complexity index is 491. The first-order valence-corrected chi connectivity index (χ1v) is 8.43. The molecule has 1 aromatic rings. The number of halogens is 1. The lowest BCUT2D eigenvalue weighted by molar-refractivity contribution is 0.0608. The van der Waals surface area contributed by atoms with E-state index in [0.717, 1.165) is 23.7 Å². The summed E-state index contributed by atoms with van der Waals surface area (Å²) in [6.45, 7) is 4.19. The van der Waals surface area contributed by atoms with Crippen LogP contribution in [0.1, 0.15) is 57.7 Å². The van der Waals surface area contributed by atoms with Crippen LogP contribution in [0.25, 0.3) is 0 Å². The predicted octanol–water partition coefficient (Wildman–Crippen LogP) is 3.68. The molecular formula is C16H25ClN4. The smallest absolute Gasteiger partial charge is 0.135 e. The molecule has 3 rings (SSSR count). The molecular weight excluding hydrogens is 284 g/mol. The Balaban J connectivity index is 1.72. The zero-order valence-corrected chi connectivity index (χ0v) is 13.9. The predicted molar refractivity (Wildman–Crippen MR) is 87.0 cm³/mol. The van der Waals surface area contributed by atoms with E-state index in [1.807, 2.05) is 6.07 Å². The SMILES string of the molecule is CC(C)c1nc(Cl)cc(NC2CC3CCCC(C2)N3C)n1. The Morgan fingerprint density at radius 1 is 1.24 bits per heavy atom. The number of piperidine rings is 2. The van der Waals surface area contributed by atoms with Crippen LogP contribution in [-0.2, 0) is 0 Å². The van der Waals surface area contributed by atoms with Gasteiger partial charge in [0.1, 0.15) is 16.8 Å². The molecule has 0 aromatic carbocycles. The van der Waals surface area contributed by atoms with Crippen LogP contribution in [0.2, 0.25) is 5.15 Å². The van der Waals surface area contributed by atoms with E-state index < -0.39 is 0 Å². The summed E-state index contributed by atoms with van der Waals surface area (Å²) in [7, 11) is 2.28. The molecule has 116 valence electrons. The van der Waals surface area contributed by atoms with Crippen LogP contribution >= 0.6 is 11.6 Å². The minimum Gasteiger partial charge on any atom is -0.367 e. The Morgan fingerprint density at radius 2 is 1.90 bits per heavy atom. The Hall–Kier alpha value is -0.870. The lowest BCUT2D eigenvalue weighted by atomic mass is 9.82. The summed E-state index contributed by atoms with van der Waals surface area (Å²) in [5.74, 6) is 1.99. The minimum atomic E-state index is 0.293.